The summed E-state index contributed by atoms with van der Waals surface area (Å²) in [5.74, 6) is -0.224. The van der Waals surface area contributed by atoms with Crippen molar-refractivity contribution in [3.63, 3.8) is 0 Å². The van der Waals surface area contributed by atoms with Crippen molar-refractivity contribution in [1.29, 1.82) is 0 Å². The third kappa shape index (κ3) is 9.20. The Labute approximate surface area is 222 Å². The Kier molecular flexibility index (Phi) is 9.20. The monoisotopic (exact) mass is 518 g/mol. The molecule has 1 aromatic carbocycles. The lowest BCUT2D eigenvalue weighted by atomic mass is 10.0. The van der Waals surface area contributed by atoms with E-state index in [0.29, 0.717) is 28.2 Å². The first kappa shape index (κ1) is 27.6. The Morgan fingerprint density at radius 2 is 1.70 bits per heavy atom. The second-order valence-corrected chi connectivity index (χ2v) is 10.0. The van der Waals surface area contributed by atoms with Crippen molar-refractivity contribution in [2.24, 2.45) is 0 Å². The van der Waals surface area contributed by atoms with Crippen LogP contribution in [0.5, 0.6) is 0 Å². The molecular weight excluding hydrogens is 488 g/mol. The maximum atomic E-state index is 12.7. The molecule has 0 aliphatic rings. The molecule has 7 nitrogen and oxygen atoms in total. The van der Waals surface area contributed by atoms with Crippen LogP contribution in [0.4, 0.5) is 4.79 Å². The van der Waals surface area contributed by atoms with Gasteiger partial charge in [0, 0.05) is 48.5 Å². The van der Waals surface area contributed by atoms with Gasteiger partial charge < -0.3 is 15.4 Å². The van der Waals surface area contributed by atoms with Crippen LogP contribution in [0, 0.1) is 0 Å². The van der Waals surface area contributed by atoms with Crippen LogP contribution in [0.3, 0.4) is 0 Å². The van der Waals surface area contributed by atoms with E-state index >= 15 is 0 Å². The number of carbonyl (C=O) groups excluding carboxylic acids is 2. The summed E-state index contributed by atoms with van der Waals surface area (Å²) in [7, 11) is 0. The van der Waals surface area contributed by atoms with Gasteiger partial charge in [0.1, 0.15) is 5.60 Å². The molecule has 0 saturated carbocycles. The SMILES string of the molecule is C=C(/C=C\C(=C)CNC(=O)c1ccnc(Cc2ccc3ncc(Cl)cc3c2)c1)CNC(=O)OC(C)(C)C. The van der Waals surface area contributed by atoms with Crippen molar-refractivity contribution in [3.05, 3.63) is 107 Å². The van der Waals surface area contributed by atoms with Gasteiger partial charge in [-0.1, -0.05) is 43.0 Å². The third-order valence-corrected chi connectivity index (χ3v) is 5.27. The van der Waals surface area contributed by atoms with E-state index in [1.165, 1.54) is 0 Å². The average Bonchev–Trinajstić information content (AvgIpc) is 2.83. The topological polar surface area (TPSA) is 93.2 Å². The van der Waals surface area contributed by atoms with Gasteiger partial charge in [0.25, 0.3) is 5.91 Å². The van der Waals surface area contributed by atoms with Gasteiger partial charge in [0.15, 0.2) is 0 Å². The number of benzene rings is 1. The number of aromatic nitrogens is 2. The first-order valence-electron chi connectivity index (χ1n) is 11.8. The minimum atomic E-state index is -0.563. The Bertz CT molecular complexity index is 1360. The van der Waals surface area contributed by atoms with E-state index in [1.54, 1.807) is 57.4 Å². The highest BCUT2D eigenvalue weighted by molar-refractivity contribution is 6.31. The van der Waals surface area contributed by atoms with Crippen molar-refractivity contribution in [1.82, 2.24) is 20.6 Å². The van der Waals surface area contributed by atoms with E-state index in [9.17, 15) is 9.59 Å². The number of amides is 2. The number of hydrogen-bond donors (Lipinski definition) is 2. The standard InChI is InChI=1S/C29H31ClN4O3/c1-19(6-7-20(2)17-34-28(36)37-29(3,4)5)16-33-27(35)22-10-11-31-25(15-22)13-21-8-9-26-23(12-21)14-24(30)18-32-26/h6-12,14-15,18H,1-2,13,16-17H2,3-5H3,(H,33,35)(H,34,36)/b7-6-. The lowest BCUT2D eigenvalue weighted by Gasteiger charge is -2.19. The van der Waals surface area contributed by atoms with E-state index in [4.69, 9.17) is 16.3 Å². The number of carbonyl (C=O) groups is 2. The number of ether oxygens (including phenoxy) is 1. The lowest BCUT2D eigenvalue weighted by Crippen LogP contribution is -2.33. The molecule has 2 N–H and O–H groups in total. The lowest BCUT2D eigenvalue weighted by molar-refractivity contribution is 0.0533. The summed E-state index contributed by atoms with van der Waals surface area (Å²) >= 11 is 6.06. The van der Waals surface area contributed by atoms with Crippen molar-refractivity contribution >= 4 is 34.5 Å². The molecule has 8 heteroatoms. The van der Waals surface area contributed by atoms with E-state index in [-0.39, 0.29) is 19.0 Å². The van der Waals surface area contributed by atoms with Crippen LogP contribution in [0.2, 0.25) is 5.02 Å². The Morgan fingerprint density at radius 3 is 2.41 bits per heavy atom. The normalized spacial score (nSPS) is 11.4. The predicted octanol–water partition coefficient (Wildman–Crippen LogP) is 5.80. The second kappa shape index (κ2) is 12.3. The van der Waals surface area contributed by atoms with E-state index < -0.39 is 11.7 Å². The average molecular weight is 519 g/mol. The number of hydrogen-bond acceptors (Lipinski definition) is 5. The van der Waals surface area contributed by atoms with Crippen molar-refractivity contribution < 1.29 is 14.3 Å². The molecule has 0 unspecified atom stereocenters. The molecule has 0 fully saturated rings. The van der Waals surface area contributed by atoms with Gasteiger partial charge in [-0.15, -0.1) is 0 Å². The number of pyridine rings is 2. The highest BCUT2D eigenvalue weighted by Gasteiger charge is 2.15. The fraction of sp³-hybridized carbons (Fsp3) is 0.241. The van der Waals surface area contributed by atoms with Crippen LogP contribution in [-0.4, -0.2) is 40.7 Å². The zero-order valence-corrected chi connectivity index (χ0v) is 22.1. The fourth-order valence-electron chi connectivity index (χ4n) is 3.34. The van der Waals surface area contributed by atoms with E-state index in [2.05, 4.69) is 33.8 Å². The molecule has 0 aliphatic heterocycles. The molecule has 3 rings (SSSR count). The molecule has 0 radical (unpaired) electrons. The van der Waals surface area contributed by atoms with Crippen LogP contribution in [0.15, 0.2) is 85.2 Å². The fourth-order valence-corrected chi connectivity index (χ4v) is 3.51. The van der Waals surface area contributed by atoms with Crippen LogP contribution in [0.1, 0.15) is 42.4 Å². The summed E-state index contributed by atoms with van der Waals surface area (Å²) in [6.07, 6.45) is 6.80. The molecule has 0 atom stereocenters. The highest BCUT2D eigenvalue weighted by atomic mass is 35.5. The summed E-state index contributed by atoms with van der Waals surface area (Å²) in [6, 6.07) is 11.3. The van der Waals surface area contributed by atoms with Crippen LogP contribution in [-0.2, 0) is 11.2 Å². The van der Waals surface area contributed by atoms with Crippen LogP contribution >= 0.6 is 11.6 Å². The van der Waals surface area contributed by atoms with Crippen molar-refractivity contribution in [2.45, 2.75) is 32.8 Å². The number of nitrogens with zero attached hydrogens (tertiary/aromatic N) is 2. The minimum Gasteiger partial charge on any atom is -0.444 e. The predicted molar refractivity (Wildman–Crippen MR) is 148 cm³/mol. The highest BCUT2D eigenvalue weighted by Crippen LogP contribution is 2.20. The van der Waals surface area contributed by atoms with Gasteiger partial charge in [-0.2, -0.15) is 0 Å². The summed E-state index contributed by atoms with van der Waals surface area (Å²) in [5.41, 5.74) is 3.99. The summed E-state index contributed by atoms with van der Waals surface area (Å²) in [5, 5.41) is 7.04. The largest absolute Gasteiger partial charge is 0.444 e. The molecule has 192 valence electrons. The molecule has 0 saturated heterocycles. The van der Waals surface area contributed by atoms with Gasteiger partial charge in [-0.25, -0.2) is 4.79 Å². The van der Waals surface area contributed by atoms with Crippen molar-refractivity contribution in [2.75, 3.05) is 13.1 Å². The van der Waals surface area contributed by atoms with Gasteiger partial charge in [-0.05, 0) is 67.8 Å². The molecule has 2 heterocycles. The Balaban J connectivity index is 1.50. The van der Waals surface area contributed by atoms with Gasteiger partial charge in [-0.3, -0.25) is 14.8 Å². The molecule has 3 aromatic rings. The van der Waals surface area contributed by atoms with Gasteiger partial charge in [0.05, 0.1) is 10.5 Å². The Morgan fingerprint density at radius 1 is 1.00 bits per heavy atom. The molecule has 2 aromatic heterocycles. The smallest absolute Gasteiger partial charge is 0.407 e. The van der Waals surface area contributed by atoms with E-state index in [0.717, 1.165) is 22.2 Å². The molecule has 2 amide bonds. The van der Waals surface area contributed by atoms with E-state index in [1.807, 2.05) is 24.3 Å². The molecular formula is C29H31ClN4O3. The minimum absolute atomic E-state index is 0.224. The maximum absolute atomic E-state index is 12.7. The first-order valence-corrected chi connectivity index (χ1v) is 12.1. The molecule has 0 aliphatic carbocycles. The summed E-state index contributed by atoms with van der Waals surface area (Å²) < 4.78 is 5.19. The number of alkyl carbamates (subject to hydrolysis) is 1. The summed E-state index contributed by atoms with van der Waals surface area (Å²) in [6.45, 7) is 13.8. The molecule has 37 heavy (non-hydrogen) atoms. The number of rotatable bonds is 9. The maximum Gasteiger partial charge on any atom is 0.407 e. The zero-order chi connectivity index (χ0) is 27.0. The molecule has 0 bridgehead atoms. The zero-order valence-electron chi connectivity index (χ0n) is 21.3. The number of nitrogens with one attached hydrogen (secondary N) is 2. The third-order valence-electron chi connectivity index (χ3n) is 5.07. The second-order valence-electron chi connectivity index (χ2n) is 9.58. The molecule has 0 spiro atoms. The van der Waals surface area contributed by atoms with Crippen molar-refractivity contribution in [3.8, 4) is 0 Å². The van der Waals surface area contributed by atoms with Crippen LogP contribution < -0.4 is 10.6 Å². The Hall–Kier alpha value is -3.97. The summed E-state index contributed by atoms with van der Waals surface area (Å²) in [4.78, 5) is 33.1. The van der Waals surface area contributed by atoms with Crippen LogP contribution in [0.25, 0.3) is 10.9 Å². The van der Waals surface area contributed by atoms with Gasteiger partial charge >= 0.3 is 6.09 Å². The quantitative estimate of drug-likeness (QED) is 0.349. The number of fused-ring (bicyclic) bond motifs is 1. The first-order chi connectivity index (χ1) is 17.5. The van der Waals surface area contributed by atoms with Gasteiger partial charge in [0.2, 0.25) is 0 Å². The number of halogens is 1.